The number of carbonyl (C=O) groups excluding carboxylic acids is 2. The van der Waals surface area contributed by atoms with Gasteiger partial charge < -0.3 is 19.2 Å². The fraction of sp³-hybridized carbons (Fsp3) is 0.379. The molecule has 1 N–H and O–H groups in total. The topological polar surface area (TPSA) is 81.0 Å². The molecule has 190 valence electrons. The molecule has 7 nitrogen and oxygen atoms in total. The van der Waals surface area contributed by atoms with Crippen molar-refractivity contribution in [1.82, 2.24) is 5.32 Å². The van der Waals surface area contributed by atoms with Crippen LogP contribution in [0.3, 0.4) is 0 Å². The predicted octanol–water partition coefficient (Wildman–Crippen LogP) is 5.67. The van der Waals surface area contributed by atoms with E-state index in [0.29, 0.717) is 22.7 Å². The molecule has 1 aromatic heterocycles. The number of anilines is 1. The zero-order chi connectivity index (χ0) is 25.8. The van der Waals surface area contributed by atoms with E-state index >= 15 is 0 Å². The summed E-state index contributed by atoms with van der Waals surface area (Å²) < 4.78 is 16.8. The quantitative estimate of drug-likeness (QED) is 0.440. The molecule has 1 unspecified atom stereocenters. The lowest BCUT2D eigenvalue weighted by atomic mass is 9.97. The molecular formula is C29H34N2O5. The van der Waals surface area contributed by atoms with Crippen LogP contribution in [0.4, 0.5) is 5.69 Å². The Kier molecular flexibility index (Phi) is 7.67. The number of ether oxygens (including phenoxy) is 2. The van der Waals surface area contributed by atoms with Crippen molar-refractivity contribution >= 4 is 17.5 Å². The van der Waals surface area contributed by atoms with Gasteiger partial charge in [0.05, 0.1) is 26.2 Å². The second-order valence-corrected chi connectivity index (χ2v) is 9.38. The van der Waals surface area contributed by atoms with Crippen LogP contribution in [0.25, 0.3) is 0 Å². The zero-order valence-electron chi connectivity index (χ0n) is 21.6. The Morgan fingerprint density at radius 3 is 2.28 bits per heavy atom. The first-order valence-corrected chi connectivity index (χ1v) is 12.3. The van der Waals surface area contributed by atoms with Gasteiger partial charge in [-0.3, -0.25) is 14.5 Å². The van der Waals surface area contributed by atoms with Crippen LogP contribution in [0.2, 0.25) is 0 Å². The molecule has 0 bridgehead atoms. The lowest BCUT2D eigenvalue weighted by molar-refractivity contribution is -0.123. The molecule has 3 aromatic rings. The molecule has 1 heterocycles. The highest BCUT2D eigenvalue weighted by Crippen LogP contribution is 2.41. The molecule has 1 saturated carbocycles. The van der Waals surface area contributed by atoms with Crippen molar-refractivity contribution in [1.29, 1.82) is 0 Å². The minimum Gasteiger partial charge on any atom is -0.493 e. The first kappa shape index (κ1) is 25.4. The van der Waals surface area contributed by atoms with Crippen molar-refractivity contribution in [3.8, 4) is 11.5 Å². The van der Waals surface area contributed by atoms with Crippen molar-refractivity contribution in [3.05, 3.63) is 76.7 Å². The molecule has 0 aliphatic heterocycles. The molecule has 0 saturated heterocycles. The second-order valence-electron chi connectivity index (χ2n) is 9.38. The van der Waals surface area contributed by atoms with E-state index in [2.05, 4.69) is 5.32 Å². The first-order chi connectivity index (χ1) is 17.3. The van der Waals surface area contributed by atoms with Crippen LogP contribution in [0.5, 0.6) is 11.5 Å². The van der Waals surface area contributed by atoms with E-state index in [4.69, 9.17) is 13.9 Å². The highest BCUT2D eigenvalue weighted by atomic mass is 16.5. The van der Waals surface area contributed by atoms with Gasteiger partial charge in [0.2, 0.25) is 5.91 Å². The molecule has 1 aliphatic rings. The summed E-state index contributed by atoms with van der Waals surface area (Å²) in [5.74, 6) is 0.358. The van der Waals surface area contributed by atoms with Gasteiger partial charge in [-0.15, -0.1) is 0 Å². The molecule has 36 heavy (non-hydrogen) atoms. The minimum absolute atomic E-state index is 0.0670. The molecule has 0 radical (unpaired) electrons. The lowest BCUT2D eigenvalue weighted by Crippen LogP contribution is -2.47. The van der Waals surface area contributed by atoms with Gasteiger partial charge in [-0.25, -0.2) is 0 Å². The number of nitrogens with one attached hydrogen (secondary N) is 1. The standard InChI is InChI=1S/C29H34N2O5/c1-18-16-19(2)25(20(3)17-18)31(29(33)24-14-9-15-36-24)26(28(32)30-21-10-6-7-11-21)22-12-8-13-23(34-4)27(22)35-5/h8-9,12-17,21,26H,6-7,10-11H2,1-5H3,(H,30,32). The summed E-state index contributed by atoms with van der Waals surface area (Å²) in [6, 6.07) is 11.7. The Balaban J connectivity index is 1.96. The van der Waals surface area contributed by atoms with E-state index in [1.165, 1.54) is 13.4 Å². The number of hydrogen-bond acceptors (Lipinski definition) is 5. The van der Waals surface area contributed by atoms with Crippen molar-refractivity contribution < 1.29 is 23.5 Å². The van der Waals surface area contributed by atoms with E-state index in [1.54, 1.807) is 36.3 Å². The van der Waals surface area contributed by atoms with E-state index < -0.39 is 11.9 Å². The molecule has 0 spiro atoms. The Bertz CT molecular complexity index is 1210. The van der Waals surface area contributed by atoms with Gasteiger partial charge in [-0.1, -0.05) is 42.7 Å². The maximum absolute atomic E-state index is 14.1. The SMILES string of the molecule is COc1cccc(C(C(=O)NC2CCCC2)N(C(=O)c2ccco2)c2c(C)cc(C)cc2C)c1OC. The van der Waals surface area contributed by atoms with Gasteiger partial charge in [-0.05, 0) is 62.9 Å². The summed E-state index contributed by atoms with van der Waals surface area (Å²) in [6.45, 7) is 5.91. The molecule has 2 aromatic carbocycles. The summed E-state index contributed by atoms with van der Waals surface area (Å²) in [7, 11) is 3.09. The normalized spacial score (nSPS) is 14.4. The number of carbonyl (C=O) groups is 2. The van der Waals surface area contributed by atoms with Crippen LogP contribution in [-0.4, -0.2) is 32.1 Å². The molecule has 4 rings (SSSR count). The van der Waals surface area contributed by atoms with Gasteiger partial charge in [0, 0.05) is 11.6 Å². The number of benzene rings is 2. The number of nitrogens with zero attached hydrogens (tertiary/aromatic N) is 1. The number of amides is 2. The van der Waals surface area contributed by atoms with Crippen molar-refractivity contribution in [2.75, 3.05) is 19.1 Å². The predicted molar refractivity (Wildman–Crippen MR) is 139 cm³/mol. The highest BCUT2D eigenvalue weighted by molar-refractivity contribution is 6.09. The van der Waals surface area contributed by atoms with Crippen molar-refractivity contribution in [3.63, 3.8) is 0 Å². The maximum Gasteiger partial charge on any atom is 0.294 e. The van der Waals surface area contributed by atoms with Gasteiger partial charge in [0.25, 0.3) is 5.91 Å². The molecule has 2 amide bonds. The third-order valence-corrected chi connectivity index (χ3v) is 6.76. The summed E-state index contributed by atoms with van der Waals surface area (Å²) in [4.78, 5) is 29.7. The van der Waals surface area contributed by atoms with Crippen LogP contribution in [0.15, 0.2) is 53.1 Å². The average molecular weight is 491 g/mol. The Morgan fingerprint density at radius 1 is 1.00 bits per heavy atom. The van der Waals surface area contributed by atoms with E-state index in [0.717, 1.165) is 42.4 Å². The average Bonchev–Trinajstić information content (AvgIpc) is 3.56. The second kappa shape index (κ2) is 10.9. The van der Waals surface area contributed by atoms with Gasteiger partial charge in [0.15, 0.2) is 17.3 Å². The number of rotatable bonds is 8. The van der Waals surface area contributed by atoms with E-state index in [-0.39, 0.29) is 17.7 Å². The summed E-state index contributed by atoms with van der Waals surface area (Å²) in [5.41, 5.74) is 4.04. The number of methoxy groups -OCH3 is 2. The van der Waals surface area contributed by atoms with Crippen LogP contribution in [-0.2, 0) is 4.79 Å². The number of furan rings is 1. The fourth-order valence-electron chi connectivity index (χ4n) is 5.29. The van der Waals surface area contributed by atoms with Gasteiger partial charge in [0.1, 0.15) is 6.04 Å². The number of aryl methyl sites for hydroxylation is 3. The van der Waals surface area contributed by atoms with Crippen LogP contribution in [0, 0.1) is 20.8 Å². The number of para-hydroxylation sites is 1. The Hall–Kier alpha value is -3.74. The van der Waals surface area contributed by atoms with Crippen LogP contribution >= 0.6 is 0 Å². The Labute approximate surface area is 212 Å². The third kappa shape index (κ3) is 4.96. The maximum atomic E-state index is 14.1. The van der Waals surface area contributed by atoms with Crippen LogP contribution in [0.1, 0.15) is 64.5 Å². The zero-order valence-corrected chi connectivity index (χ0v) is 21.6. The summed E-state index contributed by atoms with van der Waals surface area (Å²) in [6.07, 6.45) is 5.44. The lowest BCUT2D eigenvalue weighted by Gasteiger charge is -2.34. The molecule has 1 fully saturated rings. The third-order valence-electron chi connectivity index (χ3n) is 6.76. The molecule has 1 atom stereocenters. The van der Waals surface area contributed by atoms with E-state index in [1.807, 2.05) is 39.0 Å². The monoisotopic (exact) mass is 490 g/mol. The minimum atomic E-state index is -1.02. The first-order valence-electron chi connectivity index (χ1n) is 12.3. The fourth-order valence-corrected chi connectivity index (χ4v) is 5.29. The van der Waals surface area contributed by atoms with Crippen molar-refractivity contribution in [2.24, 2.45) is 0 Å². The molecule has 1 aliphatic carbocycles. The van der Waals surface area contributed by atoms with Crippen molar-refractivity contribution in [2.45, 2.75) is 58.5 Å². The Morgan fingerprint density at radius 2 is 1.69 bits per heavy atom. The van der Waals surface area contributed by atoms with Crippen LogP contribution < -0.4 is 19.7 Å². The molecular weight excluding hydrogens is 456 g/mol. The summed E-state index contributed by atoms with van der Waals surface area (Å²) in [5, 5.41) is 3.21. The largest absolute Gasteiger partial charge is 0.493 e. The molecule has 7 heteroatoms. The van der Waals surface area contributed by atoms with E-state index in [9.17, 15) is 9.59 Å². The number of hydrogen-bond donors (Lipinski definition) is 1. The smallest absolute Gasteiger partial charge is 0.294 e. The van der Waals surface area contributed by atoms with Gasteiger partial charge in [-0.2, -0.15) is 0 Å². The van der Waals surface area contributed by atoms with Gasteiger partial charge >= 0.3 is 0 Å². The summed E-state index contributed by atoms with van der Waals surface area (Å²) >= 11 is 0. The highest BCUT2D eigenvalue weighted by Gasteiger charge is 2.39.